The van der Waals surface area contributed by atoms with Gasteiger partial charge in [0.25, 0.3) is 0 Å². The van der Waals surface area contributed by atoms with Crippen LogP contribution in [-0.2, 0) is 6.42 Å². The maximum absolute atomic E-state index is 13.3. The number of rotatable bonds is 5. The van der Waals surface area contributed by atoms with Crippen molar-refractivity contribution >= 4 is 0 Å². The van der Waals surface area contributed by atoms with Gasteiger partial charge in [-0.3, -0.25) is 4.98 Å². The van der Waals surface area contributed by atoms with Crippen LogP contribution in [0.3, 0.4) is 0 Å². The van der Waals surface area contributed by atoms with Crippen molar-refractivity contribution in [3.8, 4) is 17.6 Å². The van der Waals surface area contributed by atoms with E-state index in [-0.39, 0.29) is 12.4 Å². The largest absolute Gasteiger partial charge is 0.492 e. The molecule has 0 aliphatic carbocycles. The zero-order valence-corrected chi connectivity index (χ0v) is 11.6. The molecule has 0 radical (unpaired) electrons. The molecule has 1 aromatic carbocycles. The second kappa shape index (κ2) is 8.03. The third-order valence-corrected chi connectivity index (χ3v) is 2.77. The zero-order valence-electron chi connectivity index (χ0n) is 11.6. The summed E-state index contributed by atoms with van der Waals surface area (Å²) in [7, 11) is 0. The molecule has 21 heavy (non-hydrogen) atoms. The van der Waals surface area contributed by atoms with Crippen molar-refractivity contribution in [3.63, 3.8) is 0 Å². The van der Waals surface area contributed by atoms with E-state index < -0.39 is 0 Å². The minimum Gasteiger partial charge on any atom is -0.492 e. The van der Waals surface area contributed by atoms with Crippen LogP contribution in [0.5, 0.6) is 5.75 Å². The van der Waals surface area contributed by atoms with Crippen LogP contribution in [-0.4, -0.2) is 23.3 Å². The number of benzene rings is 1. The molecule has 0 saturated carbocycles. The van der Waals surface area contributed by atoms with Gasteiger partial charge in [0.15, 0.2) is 0 Å². The van der Waals surface area contributed by atoms with Gasteiger partial charge in [-0.2, -0.15) is 0 Å². The zero-order chi connectivity index (χ0) is 14.9. The monoisotopic (exact) mass is 285 g/mol. The van der Waals surface area contributed by atoms with E-state index in [4.69, 9.17) is 9.84 Å². The van der Waals surface area contributed by atoms with Gasteiger partial charge in [0.05, 0.1) is 18.8 Å². The fourth-order valence-corrected chi connectivity index (χ4v) is 1.76. The average Bonchev–Trinajstić information content (AvgIpc) is 2.51. The van der Waals surface area contributed by atoms with E-state index in [2.05, 4.69) is 16.8 Å². The number of aliphatic hydroxyl groups is 1. The molecule has 0 fully saturated rings. The number of hydrogen-bond acceptors (Lipinski definition) is 3. The van der Waals surface area contributed by atoms with E-state index in [9.17, 15) is 4.39 Å². The second-order valence-electron chi connectivity index (χ2n) is 4.38. The number of pyridine rings is 1. The van der Waals surface area contributed by atoms with Gasteiger partial charge in [0.2, 0.25) is 0 Å². The van der Waals surface area contributed by atoms with Gasteiger partial charge in [-0.1, -0.05) is 17.9 Å². The summed E-state index contributed by atoms with van der Waals surface area (Å²) < 4.78 is 18.9. The topological polar surface area (TPSA) is 42.4 Å². The number of hydrogen-bond donors (Lipinski definition) is 1. The summed E-state index contributed by atoms with van der Waals surface area (Å²) in [4.78, 5) is 4.04. The molecule has 0 bridgehead atoms. The highest BCUT2D eigenvalue weighted by Gasteiger charge is 2.03. The maximum Gasteiger partial charge on any atom is 0.135 e. The summed E-state index contributed by atoms with van der Waals surface area (Å²) in [5.74, 6) is 5.78. The molecule has 0 atom stereocenters. The van der Waals surface area contributed by atoms with E-state index in [1.165, 1.54) is 12.1 Å². The molecule has 0 aliphatic rings. The van der Waals surface area contributed by atoms with Gasteiger partial charge in [0.1, 0.15) is 11.6 Å². The van der Waals surface area contributed by atoms with Crippen LogP contribution in [0.25, 0.3) is 0 Å². The highest BCUT2D eigenvalue weighted by atomic mass is 19.1. The van der Waals surface area contributed by atoms with Gasteiger partial charge in [-0.25, -0.2) is 4.39 Å². The van der Waals surface area contributed by atoms with Crippen LogP contribution < -0.4 is 4.74 Å². The predicted molar refractivity (Wildman–Crippen MR) is 78.4 cm³/mol. The Kier molecular flexibility index (Phi) is 5.74. The Hall–Kier alpha value is -2.38. The second-order valence-corrected chi connectivity index (χ2v) is 4.38. The molecule has 0 unspecified atom stereocenters. The first-order chi connectivity index (χ1) is 10.3. The molecule has 0 amide bonds. The van der Waals surface area contributed by atoms with E-state index in [1.807, 2.05) is 12.1 Å². The quantitative estimate of drug-likeness (QED) is 0.859. The van der Waals surface area contributed by atoms with Crippen molar-refractivity contribution < 1.29 is 14.2 Å². The molecule has 3 nitrogen and oxygen atoms in total. The number of ether oxygens (including phenoxy) is 1. The Bertz CT molecular complexity index is 632. The summed E-state index contributed by atoms with van der Waals surface area (Å²) in [5, 5.41) is 8.72. The number of aromatic nitrogens is 1. The van der Waals surface area contributed by atoms with E-state index in [1.54, 1.807) is 18.5 Å². The van der Waals surface area contributed by atoms with Crippen molar-refractivity contribution in [1.82, 2.24) is 4.98 Å². The van der Waals surface area contributed by atoms with Crippen LogP contribution in [0.4, 0.5) is 4.39 Å². The molecule has 4 heteroatoms. The lowest BCUT2D eigenvalue weighted by Crippen LogP contribution is -2.03. The van der Waals surface area contributed by atoms with Crippen LogP contribution in [0.15, 0.2) is 42.7 Å². The van der Waals surface area contributed by atoms with Crippen molar-refractivity contribution in [2.75, 3.05) is 13.2 Å². The third kappa shape index (κ3) is 4.90. The third-order valence-electron chi connectivity index (χ3n) is 2.77. The van der Waals surface area contributed by atoms with Crippen LogP contribution >= 0.6 is 0 Å². The van der Waals surface area contributed by atoms with Crippen LogP contribution in [0.1, 0.15) is 17.5 Å². The molecular formula is C17H16FNO2. The van der Waals surface area contributed by atoms with Gasteiger partial charge < -0.3 is 9.84 Å². The summed E-state index contributed by atoms with van der Waals surface area (Å²) in [6, 6.07) is 8.10. The molecule has 2 rings (SSSR count). The molecule has 0 spiro atoms. The van der Waals surface area contributed by atoms with Crippen molar-refractivity contribution in [2.45, 2.75) is 12.8 Å². The Morgan fingerprint density at radius 2 is 2.19 bits per heavy atom. The first kappa shape index (κ1) is 15.0. The Morgan fingerprint density at radius 1 is 1.29 bits per heavy atom. The Morgan fingerprint density at radius 3 is 2.95 bits per heavy atom. The molecule has 108 valence electrons. The summed E-state index contributed by atoms with van der Waals surface area (Å²) in [6.45, 7) is 0.450. The Labute approximate surface area is 123 Å². The first-order valence-electron chi connectivity index (χ1n) is 6.70. The summed E-state index contributed by atoms with van der Waals surface area (Å²) in [6.07, 6.45) is 4.58. The normalized spacial score (nSPS) is 9.81. The number of halogens is 1. The molecule has 1 heterocycles. The first-order valence-corrected chi connectivity index (χ1v) is 6.70. The minimum atomic E-state index is -0.358. The van der Waals surface area contributed by atoms with Gasteiger partial charge >= 0.3 is 0 Å². The van der Waals surface area contributed by atoms with Gasteiger partial charge in [-0.15, -0.1) is 0 Å². The fraction of sp³-hybridized carbons (Fsp3) is 0.235. The average molecular weight is 285 g/mol. The summed E-state index contributed by atoms with van der Waals surface area (Å²) in [5.41, 5.74) is 1.57. The maximum atomic E-state index is 13.3. The van der Waals surface area contributed by atoms with Crippen molar-refractivity contribution in [2.24, 2.45) is 0 Å². The van der Waals surface area contributed by atoms with Gasteiger partial charge in [0, 0.05) is 25.2 Å². The van der Waals surface area contributed by atoms with Crippen molar-refractivity contribution in [1.29, 1.82) is 0 Å². The minimum absolute atomic E-state index is 0.0144. The lowest BCUT2D eigenvalue weighted by atomic mass is 10.2. The Balaban J connectivity index is 2.01. The SMILES string of the molecule is OCCC#Cc1cc(F)ccc1OCCc1cccnc1. The predicted octanol–water partition coefficient (Wildman–Crippen LogP) is 2.58. The molecule has 0 aliphatic heterocycles. The highest BCUT2D eigenvalue weighted by Crippen LogP contribution is 2.19. The van der Waals surface area contributed by atoms with Crippen LogP contribution in [0, 0.1) is 17.7 Å². The fourth-order valence-electron chi connectivity index (χ4n) is 1.76. The number of nitrogens with zero attached hydrogens (tertiary/aromatic N) is 1. The van der Waals surface area contributed by atoms with E-state index >= 15 is 0 Å². The van der Waals surface area contributed by atoms with Crippen molar-refractivity contribution in [3.05, 3.63) is 59.7 Å². The summed E-state index contributed by atoms with van der Waals surface area (Å²) >= 11 is 0. The lowest BCUT2D eigenvalue weighted by Gasteiger charge is -2.08. The smallest absolute Gasteiger partial charge is 0.135 e. The molecule has 1 N–H and O–H groups in total. The van der Waals surface area contributed by atoms with E-state index in [0.717, 1.165) is 5.56 Å². The standard InChI is InChI=1S/C17H16FNO2/c18-16-6-7-17(15(12-16)5-1-2-10-20)21-11-8-14-4-3-9-19-13-14/h3-4,6-7,9,12-13,20H,2,8,10-11H2. The number of aliphatic hydroxyl groups excluding tert-OH is 1. The molecule has 2 aromatic rings. The van der Waals surface area contributed by atoms with Crippen LogP contribution in [0.2, 0.25) is 0 Å². The van der Waals surface area contributed by atoms with Gasteiger partial charge in [-0.05, 0) is 29.8 Å². The highest BCUT2D eigenvalue weighted by molar-refractivity contribution is 5.46. The lowest BCUT2D eigenvalue weighted by molar-refractivity contribution is 0.305. The van der Waals surface area contributed by atoms with E-state index in [0.29, 0.717) is 30.8 Å². The molecular weight excluding hydrogens is 269 g/mol. The molecule has 0 saturated heterocycles. The molecule has 1 aromatic heterocycles.